The van der Waals surface area contributed by atoms with Crippen LogP contribution in [0.25, 0.3) is 22.2 Å². The van der Waals surface area contributed by atoms with E-state index in [0.29, 0.717) is 27.8 Å². The fraction of sp³-hybridized carbons (Fsp3) is 0.0833. The molecule has 4 rings (SSSR count). The third-order valence-electron chi connectivity index (χ3n) is 5.03. The van der Waals surface area contributed by atoms with Crippen LogP contribution in [0.5, 0.6) is 0 Å². The average Bonchev–Trinajstić information content (AvgIpc) is 2.78. The van der Waals surface area contributed by atoms with Gasteiger partial charge in [-0.15, -0.1) is 0 Å². The van der Waals surface area contributed by atoms with Crippen molar-refractivity contribution in [3.8, 4) is 11.3 Å². The number of rotatable bonds is 4. The molecule has 33 heavy (non-hydrogen) atoms. The van der Waals surface area contributed by atoms with Gasteiger partial charge in [-0.25, -0.2) is 4.79 Å². The van der Waals surface area contributed by atoms with Crippen LogP contribution in [0.1, 0.15) is 32.0 Å². The number of fused-ring (bicyclic) bond motifs is 1. The molecule has 0 aliphatic carbocycles. The van der Waals surface area contributed by atoms with E-state index in [2.05, 4.69) is 15.3 Å². The summed E-state index contributed by atoms with van der Waals surface area (Å²) < 4.78 is 38.5. The van der Waals surface area contributed by atoms with Gasteiger partial charge in [-0.05, 0) is 43.3 Å². The van der Waals surface area contributed by atoms with Crippen molar-refractivity contribution in [2.75, 3.05) is 5.32 Å². The van der Waals surface area contributed by atoms with E-state index in [1.807, 2.05) is 0 Å². The number of carboxylic acid groups (broad SMARTS) is 1. The molecule has 6 nitrogen and oxygen atoms in total. The van der Waals surface area contributed by atoms with E-state index in [9.17, 15) is 27.9 Å². The van der Waals surface area contributed by atoms with E-state index < -0.39 is 23.6 Å². The Balaban J connectivity index is 1.64. The molecule has 0 saturated heterocycles. The highest BCUT2D eigenvalue weighted by Gasteiger charge is 2.30. The molecule has 166 valence electrons. The lowest BCUT2D eigenvalue weighted by molar-refractivity contribution is -0.137. The van der Waals surface area contributed by atoms with Gasteiger partial charge in [0.05, 0.1) is 28.0 Å². The van der Waals surface area contributed by atoms with E-state index >= 15 is 0 Å². The first kappa shape index (κ1) is 21.9. The summed E-state index contributed by atoms with van der Waals surface area (Å²) in [6, 6.07) is 15.0. The highest BCUT2D eigenvalue weighted by molar-refractivity contribution is 6.09. The van der Waals surface area contributed by atoms with Gasteiger partial charge in [-0.2, -0.15) is 13.2 Å². The van der Waals surface area contributed by atoms with E-state index in [0.717, 1.165) is 12.3 Å². The number of anilines is 1. The number of carboxylic acids is 1. The van der Waals surface area contributed by atoms with Crippen LogP contribution >= 0.6 is 0 Å². The van der Waals surface area contributed by atoms with Crippen LogP contribution in [0, 0.1) is 6.92 Å². The van der Waals surface area contributed by atoms with Gasteiger partial charge in [0.25, 0.3) is 5.91 Å². The number of aromatic carboxylic acids is 1. The maximum absolute atomic E-state index is 13.0. The molecule has 0 aliphatic heterocycles. The molecule has 2 heterocycles. The number of halogens is 3. The molecule has 0 saturated carbocycles. The zero-order chi connectivity index (χ0) is 23.8. The lowest BCUT2D eigenvalue weighted by Gasteiger charge is -2.12. The summed E-state index contributed by atoms with van der Waals surface area (Å²) in [6.07, 6.45) is -3.77. The highest BCUT2D eigenvalue weighted by atomic mass is 19.4. The zero-order valence-electron chi connectivity index (χ0n) is 17.1. The maximum Gasteiger partial charge on any atom is 0.417 e. The fourth-order valence-corrected chi connectivity index (χ4v) is 3.38. The number of carbonyl (C=O) groups excluding carboxylic acids is 1. The van der Waals surface area contributed by atoms with Gasteiger partial charge in [0.15, 0.2) is 0 Å². The third kappa shape index (κ3) is 4.52. The molecule has 0 aliphatic rings. The Labute approximate surface area is 185 Å². The van der Waals surface area contributed by atoms with Crippen molar-refractivity contribution in [3.05, 3.63) is 89.2 Å². The second-order valence-electron chi connectivity index (χ2n) is 7.26. The van der Waals surface area contributed by atoms with Crippen molar-refractivity contribution < 1.29 is 27.9 Å². The summed E-state index contributed by atoms with van der Waals surface area (Å²) >= 11 is 0. The Morgan fingerprint density at radius 3 is 2.39 bits per heavy atom. The van der Waals surface area contributed by atoms with Crippen molar-refractivity contribution in [2.24, 2.45) is 0 Å². The zero-order valence-corrected chi connectivity index (χ0v) is 17.1. The van der Waals surface area contributed by atoms with Gasteiger partial charge in [-0.3, -0.25) is 14.8 Å². The van der Waals surface area contributed by atoms with Gasteiger partial charge >= 0.3 is 12.1 Å². The lowest BCUT2D eigenvalue weighted by Crippen LogP contribution is -2.13. The molecule has 0 fully saturated rings. The Kier molecular flexibility index (Phi) is 5.55. The van der Waals surface area contributed by atoms with Crippen LogP contribution < -0.4 is 5.32 Å². The molecule has 0 unspecified atom stereocenters. The van der Waals surface area contributed by atoms with Crippen LogP contribution in [-0.4, -0.2) is 27.0 Å². The standard InChI is InChI=1S/C24H16F3N3O3/c1-13-19(23(32)33)10-14-6-8-16(11-21(14)29-13)30-22(31)18-5-3-2-4-17(18)20-9-7-15(12-28-20)24(25,26)27/h2-12H,1H3,(H,30,31)(H,32,33). The number of aromatic nitrogens is 2. The summed E-state index contributed by atoms with van der Waals surface area (Å²) in [4.78, 5) is 32.4. The Bertz CT molecular complexity index is 1380. The van der Waals surface area contributed by atoms with Gasteiger partial charge in [0.2, 0.25) is 0 Å². The number of hydrogen-bond acceptors (Lipinski definition) is 4. The van der Waals surface area contributed by atoms with Gasteiger partial charge in [0, 0.05) is 28.4 Å². The molecule has 2 aromatic heterocycles. The van der Waals surface area contributed by atoms with Crippen LogP contribution in [0.4, 0.5) is 18.9 Å². The first-order valence-corrected chi connectivity index (χ1v) is 9.72. The topological polar surface area (TPSA) is 92.2 Å². The number of hydrogen-bond donors (Lipinski definition) is 2. The number of carbonyl (C=O) groups is 2. The quantitative estimate of drug-likeness (QED) is 0.423. The number of benzene rings is 2. The molecule has 0 bridgehead atoms. The average molecular weight is 451 g/mol. The Hall–Kier alpha value is -4.27. The van der Waals surface area contributed by atoms with Crippen molar-refractivity contribution in [2.45, 2.75) is 13.1 Å². The molecule has 2 N–H and O–H groups in total. The molecular formula is C24H16F3N3O3. The molecule has 0 radical (unpaired) electrons. The number of nitrogens with zero attached hydrogens (tertiary/aromatic N) is 2. The summed E-state index contributed by atoms with van der Waals surface area (Å²) in [5.41, 5.74) is 1.34. The van der Waals surface area contributed by atoms with Crippen LogP contribution in [0.15, 0.2) is 66.9 Å². The van der Waals surface area contributed by atoms with E-state index in [1.165, 1.54) is 12.1 Å². The molecule has 9 heteroatoms. The third-order valence-corrected chi connectivity index (χ3v) is 5.03. The van der Waals surface area contributed by atoms with Crippen LogP contribution in [0.2, 0.25) is 0 Å². The molecule has 0 atom stereocenters. The Morgan fingerprint density at radius 1 is 0.970 bits per heavy atom. The van der Waals surface area contributed by atoms with Crippen LogP contribution in [-0.2, 0) is 6.18 Å². The summed E-state index contributed by atoms with van der Waals surface area (Å²) in [6.45, 7) is 1.58. The predicted octanol–water partition coefficient (Wildman–Crippen LogP) is 5.57. The smallest absolute Gasteiger partial charge is 0.417 e. The van der Waals surface area contributed by atoms with Crippen LogP contribution in [0.3, 0.4) is 0 Å². The van der Waals surface area contributed by atoms with E-state index in [-0.39, 0.29) is 16.8 Å². The van der Waals surface area contributed by atoms with Gasteiger partial charge < -0.3 is 10.4 Å². The fourth-order valence-electron chi connectivity index (χ4n) is 3.38. The molecule has 2 aromatic carbocycles. The first-order valence-electron chi connectivity index (χ1n) is 9.72. The monoisotopic (exact) mass is 451 g/mol. The van der Waals surface area contributed by atoms with Crippen molar-refractivity contribution in [3.63, 3.8) is 0 Å². The lowest BCUT2D eigenvalue weighted by atomic mass is 10.0. The number of alkyl halides is 3. The molecule has 1 amide bonds. The van der Waals surface area contributed by atoms with E-state index in [4.69, 9.17) is 0 Å². The number of aryl methyl sites for hydroxylation is 1. The van der Waals surface area contributed by atoms with E-state index in [1.54, 1.807) is 49.4 Å². The van der Waals surface area contributed by atoms with Gasteiger partial charge in [0.1, 0.15) is 0 Å². The minimum atomic E-state index is -4.50. The maximum atomic E-state index is 13.0. The largest absolute Gasteiger partial charge is 0.478 e. The molecular weight excluding hydrogens is 435 g/mol. The van der Waals surface area contributed by atoms with Crippen molar-refractivity contribution >= 4 is 28.5 Å². The number of nitrogens with one attached hydrogen (secondary N) is 1. The second kappa shape index (κ2) is 8.34. The van der Waals surface area contributed by atoms with Gasteiger partial charge in [-0.1, -0.05) is 24.3 Å². The Morgan fingerprint density at radius 2 is 1.73 bits per heavy atom. The van der Waals surface area contributed by atoms with Crippen molar-refractivity contribution in [1.82, 2.24) is 9.97 Å². The number of amides is 1. The molecule has 4 aromatic rings. The normalized spacial score (nSPS) is 11.4. The first-order chi connectivity index (χ1) is 15.6. The number of pyridine rings is 2. The summed E-state index contributed by atoms with van der Waals surface area (Å²) in [5, 5.41) is 12.6. The minimum absolute atomic E-state index is 0.0947. The summed E-state index contributed by atoms with van der Waals surface area (Å²) in [7, 11) is 0. The second-order valence-corrected chi connectivity index (χ2v) is 7.26. The predicted molar refractivity (Wildman–Crippen MR) is 116 cm³/mol. The molecule has 0 spiro atoms. The van der Waals surface area contributed by atoms with Crippen molar-refractivity contribution in [1.29, 1.82) is 0 Å². The highest BCUT2D eigenvalue weighted by Crippen LogP contribution is 2.31. The minimum Gasteiger partial charge on any atom is -0.478 e. The SMILES string of the molecule is Cc1nc2cc(NC(=O)c3ccccc3-c3ccc(C(F)(F)F)cn3)ccc2cc1C(=O)O. The summed E-state index contributed by atoms with van der Waals surface area (Å²) in [5.74, 6) is -1.56.